The van der Waals surface area contributed by atoms with E-state index in [0.717, 1.165) is 0 Å². The Morgan fingerprint density at radius 3 is 2.00 bits per heavy atom. The van der Waals surface area contributed by atoms with Crippen LogP contribution in [-0.4, -0.2) is 20.9 Å². The minimum absolute atomic E-state index is 0.789. The molecule has 0 spiro atoms. The Labute approximate surface area is 67.9 Å². The number of ether oxygens (including phenoxy) is 1. The lowest BCUT2D eigenvalue weighted by Gasteiger charge is -2.08. The molecule has 0 saturated heterocycles. The summed E-state index contributed by atoms with van der Waals surface area (Å²) >= 11 is 0. The summed E-state index contributed by atoms with van der Waals surface area (Å²) in [6.45, 7) is 5.72. The number of aliphatic carboxylic acids is 1. The zero-order chi connectivity index (χ0) is 9.94. The average Bonchev–Trinajstić information content (AvgIpc) is 1.85. The second kappa shape index (κ2) is 3.53. The van der Waals surface area contributed by atoms with Gasteiger partial charge in [-0.3, -0.25) is 4.57 Å². The molecule has 0 radical (unpaired) electrons. The molecule has 0 aliphatic rings. The summed E-state index contributed by atoms with van der Waals surface area (Å²) in [6, 6.07) is 0. The Balaban J connectivity index is 4.32. The Bertz CT molecular complexity index is 274. The van der Waals surface area contributed by atoms with Crippen molar-refractivity contribution in [1.82, 2.24) is 0 Å². The van der Waals surface area contributed by atoms with E-state index in [1.54, 1.807) is 0 Å². The first-order chi connectivity index (χ1) is 5.25. The minimum Gasteiger partial charge on any atom is -0.475 e. The number of hydrogen-bond acceptors (Lipinski definition) is 3. The van der Waals surface area contributed by atoms with Crippen LogP contribution < -0.4 is 0 Å². The second-order valence-electron chi connectivity index (χ2n) is 1.77. The topological polar surface area (TPSA) is 104 Å². The van der Waals surface area contributed by atoms with Crippen LogP contribution in [0.3, 0.4) is 0 Å². The van der Waals surface area contributed by atoms with Crippen LogP contribution >= 0.6 is 7.60 Å². The van der Waals surface area contributed by atoms with Gasteiger partial charge in [-0.2, -0.15) is 0 Å². The van der Waals surface area contributed by atoms with E-state index in [0.29, 0.717) is 0 Å². The molecule has 7 heteroatoms. The van der Waals surface area contributed by atoms with Crippen molar-refractivity contribution in [2.24, 2.45) is 0 Å². The van der Waals surface area contributed by atoms with E-state index in [9.17, 15) is 9.36 Å². The summed E-state index contributed by atoms with van der Waals surface area (Å²) in [5.74, 6) is -2.30. The Kier molecular flexibility index (Phi) is 3.21. The van der Waals surface area contributed by atoms with Crippen molar-refractivity contribution in [1.29, 1.82) is 0 Å². The van der Waals surface area contributed by atoms with Gasteiger partial charge in [-0.05, 0) is 13.2 Å². The van der Waals surface area contributed by atoms with Gasteiger partial charge in [-0.1, -0.05) is 0 Å². The molecule has 0 aromatic rings. The molecule has 0 unspecified atom stereocenters. The monoisotopic (exact) mass is 194 g/mol. The molecular weight excluding hydrogens is 187 g/mol. The maximum absolute atomic E-state index is 10.3. The van der Waals surface area contributed by atoms with Crippen molar-refractivity contribution >= 4 is 13.6 Å². The molecule has 68 valence electrons. The summed E-state index contributed by atoms with van der Waals surface area (Å²) < 4.78 is 14.4. The first-order valence-corrected chi connectivity index (χ1v) is 4.21. The first-order valence-electron chi connectivity index (χ1n) is 2.60. The van der Waals surface area contributed by atoms with Gasteiger partial charge < -0.3 is 19.6 Å². The zero-order valence-electron chi connectivity index (χ0n) is 5.93. The number of hydrogen-bond donors (Lipinski definition) is 3. The lowest BCUT2D eigenvalue weighted by Crippen LogP contribution is -2.03. The molecule has 0 saturated carbocycles. The fourth-order valence-corrected chi connectivity index (χ4v) is 0.474. The molecule has 0 atom stereocenters. The number of carboxylic acids is 1. The third kappa shape index (κ3) is 3.34. The normalized spacial score (nSPS) is 10.5. The number of rotatable bonds is 4. The van der Waals surface area contributed by atoms with Gasteiger partial charge >= 0.3 is 13.6 Å². The summed E-state index contributed by atoms with van der Waals surface area (Å²) in [5, 5.41) is 8.18. The Morgan fingerprint density at radius 2 is 1.75 bits per heavy atom. The highest BCUT2D eigenvalue weighted by Crippen LogP contribution is 2.44. The van der Waals surface area contributed by atoms with E-state index in [2.05, 4.69) is 17.9 Å². The van der Waals surface area contributed by atoms with Crippen LogP contribution in [0.1, 0.15) is 0 Å². The average molecular weight is 194 g/mol. The van der Waals surface area contributed by atoms with Gasteiger partial charge in [0.15, 0.2) is 0 Å². The van der Waals surface area contributed by atoms with E-state index < -0.39 is 24.8 Å². The highest BCUT2D eigenvalue weighted by molar-refractivity contribution is 7.56. The Hall–Kier alpha value is -1.10. The molecule has 0 amide bonds. The first kappa shape index (κ1) is 10.9. The van der Waals surface area contributed by atoms with Crippen LogP contribution in [0.25, 0.3) is 0 Å². The van der Waals surface area contributed by atoms with Crippen LogP contribution in [0, 0.1) is 0 Å². The highest BCUT2D eigenvalue weighted by atomic mass is 31.2. The predicted octanol–water partition coefficient (Wildman–Crippen LogP) is 0.250. The van der Waals surface area contributed by atoms with E-state index in [1.165, 1.54) is 0 Å². The maximum atomic E-state index is 10.3. The standard InChI is InChI=1S/C5H7O6P/c1-3(5(6)7)11-4(2)12(8,9)10/h1-2H2,(H,6,7)(H2,8,9,10). The van der Waals surface area contributed by atoms with Crippen molar-refractivity contribution in [2.45, 2.75) is 0 Å². The van der Waals surface area contributed by atoms with Gasteiger partial charge in [0.1, 0.15) is 0 Å². The highest BCUT2D eigenvalue weighted by Gasteiger charge is 2.22. The van der Waals surface area contributed by atoms with Gasteiger partial charge in [0.25, 0.3) is 0 Å². The van der Waals surface area contributed by atoms with Gasteiger partial charge in [-0.25, -0.2) is 4.79 Å². The van der Waals surface area contributed by atoms with E-state index in [1.807, 2.05) is 0 Å². The van der Waals surface area contributed by atoms with Gasteiger partial charge in [0, 0.05) is 0 Å². The lowest BCUT2D eigenvalue weighted by atomic mass is 10.6. The van der Waals surface area contributed by atoms with Crippen molar-refractivity contribution < 1.29 is 29.0 Å². The van der Waals surface area contributed by atoms with E-state index in [4.69, 9.17) is 14.9 Å². The number of carbonyl (C=O) groups is 1. The van der Waals surface area contributed by atoms with Crippen LogP contribution in [-0.2, 0) is 14.1 Å². The summed E-state index contributed by atoms with van der Waals surface area (Å²) in [6.07, 6.45) is 0. The van der Waals surface area contributed by atoms with E-state index >= 15 is 0 Å². The fraction of sp³-hybridized carbons (Fsp3) is 0. The molecule has 0 heterocycles. The lowest BCUT2D eigenvalue weighted by molar-refractivity contribution is -0.135. The molecule has 6 nitrogen and oxygen atoms in total. The van der Waals surface area contributed by atoms with Crippen LogP contribution in [0.2, 0.25) is 0 Å². The van der Waals surface area contributed by atoms with Crippen molar-refractivity contribution in [3.05, 3.63) is 24.4 Å². The third-order valence-corrected chi connectivity index (χ3v) is 1.55. The summed E-state index contributed by atoms with van der Waals surface area (Å²) in [4.78, 5) is 26.8. The largest absolute Gasteiger partial charge is 0.475 e. The van der Waals surface area contributed by atoms with Crippen LogP contribution in [0.4, 0.5) is 0 Å². The van der Waals surface area contributed by atoms with E-state index in [-0.39, 0.29) is 0 Å². The predicted molar refractivity (Wildman–Crippen MR) is 39.0 cm³/mol. The quantitative estimate of drug-likeness (QED) is 0.336. The molecule has 0 bridgehead atoms. The van der Waals surface area contributed by atoms with Gasteiger partial charge in [-0.15, -0.1) is 0 Å². The molecule has 0 fully saturated rings. The Morgan fingerprint density at radius 1 is 1.33 bits per heavy atom. The van der Waals surface area contributed by atoms with Crippen molar-refractivity contribution in [2.75, 3.05) is 0 Å². The molecular formula is C5H7O6P. The zero-order valence-corrected chi connectivity index (χ0v) is 6.82. The second-order valence-corrected chi connectivity index (χ2v) is 3.36. The smallest absolute Gasteiger partial charge is 0.390 e. The molecule has 0 aliphatic heterocycles. The third-order valence-electron chi connectivity index (χ3n) is 0.804. The molecule has 12 heavy (non-hydrogen) atoms. The van der Waals surface area contributed by atoms with Gasteiger partial charge in [0.2, 0.25) is 11.3 Å². The SMILES string of the molecule is C=C(OC(=C)P(=O)(O)O)C(=O)O. The summed E-state index contributed by atoms with van der Waals surface area (Å²) in [7, 11) is -4.59. The number of carboxylic acid groups (broad SMARTS) is 1. The minimum atomic E-state index is -4.59. The maximum Gasteiger partial charge on any atom is 0.390 e. The molecule has 0 aromatic carbocycles. The molecule has 0 aliphatic carbocycles. The fourth-order valence-electron chi connectivity index (χ4n) is 0.245. The summed E-state index contributed by atoms with van der Waals surface area (Å²) in [5.41, 5.74) is -0.935. The van der Waals surface area contributed by atoms with Crippen LogP contribution in [0.5, 0.6) is 0 Å². The van der Waals surface area contributed by atoms with Gasteiger partial charge in [0.05, 0.1) is 0 Å². The van der Waals surface area contributed by atoms with Crippen molar-refractivity contribution in [3.8, 4) is 0 Å². The molecule has 3 N–H and O–H groups in total. The molecule has 0 aromatic heterocycles. The van der Waals surface area contributed by atoms with Crippen molar-refractivity contribution in [3.63, 3.8) is 0 Å². The molecule has 0 rings (SSSR count). The van der Waals surface area contributed by atoms with Crippen LogP contribution in [0.15, 0.2) is 24.4 Å².